The van der Waals surface area contributed by atoms with Crippen molar-refractivity contribution in [3.05, 3.63) is 47.4 Å². The third-order valence-electron chi connectivity index (χ3n) is 5.11. The normalized spacial score (nSPS) is 19.2. The smallest absolute Gasteiger partial charge is 0.267 e. The van der Waals surface area contributed by atoms with Crippen LogP contribution in [0.4, 0.5) is 5.82 Å². The first-order valence-corrected chi connectivity index (χ1v) is 10.9. The highest BCUT2D eigenvalue weighted by Gasteiger charge is 2.33. The molecule has 1 unspecified atom stereocenters. The molecular formula is C19H23Cl2N5O2S. The molecule has 1 fully saturated rings. The molecule has 2 aliphatic heterocycles. The standard InChI is InChI=1S/C19H22ClN5O2S.ClH/c20-17-13-21-14-18(22-17)24-11-9-23(10-12-24)7-3-4-8-25-19(26)15-5-1-2-6-16(15)28(25)27;/h1-2,5-6,13-14H,3-4,7-12H2;1H. The summed E-state index contributed by atoms with van der Waals surface area (Å²) in [5.41, 5.74) is 0.570. The summed E-state index contributed by atoms with van der Waals surface area (Å²) in [6.07, 6.45) is 5.09. The van der Waals surface area contributed by atoms with Gasteiger partial charge in [-0.3, -0.25) is 19.0 Å². The van der Waals surface area contributed by atoms with Crippen LogP contribution in [0.15, 0.2) is 41.6 Å². The molecule has 10 heteroatoms. The first-order chi connectivity index (χ1) is 13.6. The summed E-state index contributed by atoms with van der Waals surface area (Å²) in [7, 11) is -1.36. The minimum absolute atomic E-state index is 0. The number of halogens is 2. The summed E-state index contributed by atoms with van der Waals surface area (Å²) >= 11 is 5.92. The Morgan fingerprint density at radius 3 is 2.48 bits per heavy atom. The lowest BCUT2D eigenvalue weighted by molar-refractivity contribution is 0.0872. The van der Waals surface area contributed by atoms with Gasteiger partial charge >= 0.3 is 0 Å². The van der Waals surface area contributed by atoms with E-state index in [0.717, 1.165) is 51.4 Å². The molecule has 0 aliphatic carbocycles. The molecule has 2 aromatic rings. The molecule has 156 valence electrons. The number of aromatic nitrogens is 2. The van der Waals surface area contributed by atoms with E-state index in [1.54, 1.807) is 18.3 Å². The van der Waals surface area contributed by atoms with Crippen LogP contribution in [-0.4, -0.2) is 68.6 Å². The molecule has 0 N–H and O–H groups in total. The molecule has 1 amide bonds. The second-order valence-electron chi connectivity index (χ2n) is 6.89. The summed E-state index contributed by atoms with van der Waals surface area (Å²) in [4.78, 5) is 26.0. The van der Waals surface area contributed by atoms with Crippen LogP contribution in [0.25, 0.3) is 0 Å². The third kappa shape index (κ3) is 4.88. The summed E-state index contributed by atoms with van der Waals surface area (Å²) in [5, 5.41) is 0.413. The van der Waals surface area contributed by atoms with Gasteiger partial charge in [0, 0.05) is 32.7 Å². The fourth-order valence-corrected chi connectivity index (χ4v) is 5.05. The molecule has 1 aromatic heterocycles. The van der Waals surface area contributed by atoms with E-state index in [-0.39, 0.29) is 18.3 Å². The number of carbonyl (C=O) groups excluding carboxylic acids is 1. The molecule has 1 saturated heterocycles. The van der Waals surface area contributed by atoms with Gasteiger partial charge in [0.15, 0.2) is 11.0 Å². The number of hydrogen-bond acceptors (Lipinski definition) is 6. The largest absolute Gasteiger partial charge is 0.353 e. The van der Waals surface area contributed by atoms with Crippen molar-refractivity contribution in [2.24, 2.45) is 0 Å². The van der Waals surface area contributed by atoms with Gasteiger partial charge in [0.25, 0.3) is 5.91 Å². The first kappa shape index (κ1) is 22.0. The molecule has 0 saturated carbocycles. The van der Waals surface area contributed by atoms with Crippen molar-refractivity contribution in [1.82, 2.24) is 19.2 Å². The number of fused-ring (bicyclic) bond motifs is 1. The van der Waals surface area contributed by atoms with Crippen LogP contribution < -0.4 is 4.90 Å². The molecule has 0 spiro atoms. The Morgan fingerprint density at radius 2 is 1.76 bits per heavy atom. The number of rotatable bonds is 6. The van der Waals surface area contributed by atoms with Crippen LogP contribution in [0.5, 0.6) is 0 Å². The predicted molar refractivity (Wildman–Crippen MR) is 116 cm³/mol. The van der Waals surface area contributed by atoms with E-state index in [4.69, 9.17) is 11.6 Å². The van der Waals surface area contributed by atoms with E-state index in [1.807, 2.05) is 12.1 Å². The van der Waals surface area contributed by atoms with Gasteiger partial charge in [0.2, 0.25) is 0 Å². The maximum Gasteiger partial charge on any atom is 0.267 e. The third-order valence-corrected chi connectivity index (χ3v) is 6.77. The van der Waals surface area contributed by atoms with Crippen molar-refractivity contribution < 1.29 is 9.00 Å². The van der Waals surface area contributed by atoms with E-state index in [2.05, 4.69) is 19.8 Å². The summed E-state index contributed by atoms with van der Waals surface area (Å²) in [5.74, 6) is 0.701. The molecule has 1 atom stereocenters. The van der Waals surface area contributed by atoms with Gasteiger partial charge in [-0.15, -0.1) is 12.4 Å². The second kappa shape index (κ2) is 9.84. The van der Waals surface area contributed by atoms with Crippen molar-refractivity contribution >= 4 is 46.7 Å². The molecule has 7 nitrogen and oxygen atoms in total. The van der Waals surface area contributed by atoms with Crippen LogP contribution in [0.2, 0.25) is 5.15 Å². The number of amides is 1. The number of benzene rings is 1. The van der Waals surface area contributed by atoms with E-state index in [0.29, 0.717) is 22.2 Å². The molecule has 0 radical (unpaired) electrons. The van der Waals surface area contributed by atoms with Gasteiger partial charge in [-0.05, 0) is 31.5 Å². The Kier molecular flexibility index (Phi) is 7.45. The van der Waals surface area contributed by atoms with Gasteiger partial charge in [-0.2, -0.15) is 0 Å². The van der Waals surface area contributed by atoms with E-state index >= 15 is 0 Å². The highest BCUT2D eigenvalue weighted by atomic mass is 35.5. The van der Waals surface area contributed by atoms with Crippen LogP contribution in [-0.2, 0) is 11.0 Å². The zero-order valence-electron chi connectivity index (χ0n) is 15.9. The fraction of sp³-hybridized carbons (Fsp3) is 0.421. The minimum Gasteiger partial charge on any atom is -0.353 e. The zero-order chi connectivity index (χ0) is 19.5. The second-order valence-corrected chi connectivity index (χ2v) is 8.65. The zero-order valence-corrected chi connectivity index (χ0v) is 18.3. The first-order valence-electron chi connectivity index (χ1n) is 9.41. The van der Waals surface area contributed by atoms with Crippen molar-refractivity contribution in [1.29, 1.82) is 0 Å². The topological polar surface area (TPSA) is 69.6 Å². The van der Waals surface area contributed by atoms with Crippen LogP contribution in [0.3, 0.4) is 0 Å². The number of hydrogen-bond donors (Lipinski definition) is 0. The monoisotopic (exact) mass is 455 g/mol. The molecular weight excluding hydrogens is 433 g/mol. The van der Waals surface area contributed by atoms with Gasteiger partial charge in [0.05, 0.1) is 22.9 Å². The summed E-state index contributed by atoms with van der Waals surface area (Å²) in [6.45, 7) is 5.18. The van der Waals surface area contributed by atoms with Gasteiger partial charge in [0.1, 0.15) is 11.0 Å². The van der Waals surface area contributed by atoms with Crippen molar-refractivity contribution in [3.8, 4) is 0 Å². The van der Waals surface area contributed by atoms with Crippen LogP contribution in [0, 0.1) is 0 Å². The van der Waals surface area contributed by atoms with E-state index in [1.165, 1.54) is 10.5 Å². The number of anilines is 1. The molecule has 3 heterocycles. The molecule has 4 rings (SSSR count). The SMILES string of the molecule is Cl.O=C1c2ccccc2S(=O)N1CCCCN1CCN(c2cncc(Cl)n2)CC1. The van der Waals surface area contributed by atoms with Crippen molar-refractivity contribution in [3.63, 3.8) is 0 Å². The van der Waals surface area contributed by atoms with Crippen LogP contribution >= 0.6 is 24.0 Å². The maximum atomic E-state index is 12.5. The summed E-state index contributed by atoms with van der Waals surface area (Å²) in [6, 6.07) is 7.15. The van der Waals surface area contributed by atoms with Crippen molar-refractivity contribution in [2.45, 2.75) is 17.7 Å². The lowest BCUT2D eigenvalue weighted by Gasteiger charge is -2.35. The molecule has 0 bridgehead atoms. The number of piperazine rings is 1. The Hall–Kier alpha value is -1.74. The van der Waals surface area contributed by atoms with E-state index in [9.17, 15) is 9.00 Å². The van der Waals surface area contributed by atoms with Crippen molar-refractivity contribution in [2.75, 3.05) is 44.2 Å². The summed E-state index contributed by atoms with van der Waals surface area (Å²) < 4.78 is 14.0. The lowest BCUT2D eigenvalue weighted by Crippen LogP contribution is -2.47. The van der Waals surface area contributed by atoms with E-state index < -0.39 is 11.0 Å². The fourth-order valence-electron chi connectivity index (χ4n) is 3.58. The lowest BCUT2D eigenvalue weighted by atomic mass is 10.2. The predicted octanol–water partition coefficient (Wildman–Crippen LogP) is 2.63. The highest BCUT2D eigenvalue weighted by Crippen LogP contribution is 2.26. The molecule has 1 aromatic carbocycles. The Bertz CT molecular complexity index is 857. The Labute approximate surface area is 184 Å². The van der Waals surface area contributed by atoms with Gasteiger partial charge in [-0.1, -0.05) is 23.7 Å². The Morgan fingerprint density at radius 1 is 1.03 bits per heavy atom. The quantitative estimate of drug-likeness (QED) is 0.623. The average Bonchev–Trinajstić information content (AvgIpc) is 2.96. The number of nitrogens with zero attached hydrogens (tertiary/aromatic N) is 5. The Balaban J connectivity index is 0.00000240. The molecule has 2 aliphatic rings. The maximum absolute atomic E-state index is 12.5. The van der Waals surface area contributed by atoms with Gasteiger partial charge < -0.3 is 4.90 Å². The number of unbranched alkanes of at least 4 members (excludes halogenated alkanes) is 1. The minimum atomic E-state index is -1.36. The molecule has 29 heavy (non-hydrogen) atoms. The average molecular weight is 456 g/mol. The highest BCUT2D eigenvalue weighted by molar-refractivity contribution is 7.84. The van der Waals surface area contributed by atoms with Crippen LogP contribution in [0.1, 0.15) is 23.2 Å². The van der Waals surface area contributed by atoms with Gasteiger partial charge in [-0.25, -0.2) is 9.19 Å². The number of carbonyl (C=O) groups is 1.